The number of aromatic nitrogens is 3. The van der Waals surface area contributed by atoms with E-state index >= 15 is 0 Å². The molecule has 3 aromatic rings. The zero-order valence-electron chi connectivity index (χ0n) is 14.9. The van der Waals surface area contributed by atoms with E-state index < -0.39 is 0 Å². The summed E-state index contributed by atoms with van der Waals surface area (Å²) in [7, 11) is 3.28. The molecule has 132 valence electrons. The molecule has 0 aliphatic heterocycles. The Morgan fingerprint density at radius 3 is 2.68 bits per heavy atom. The first-order valence-corrected chi connectivity index (χ1v) is 9.44. The number of thioether (sulfide) groups is 1. The maximum atomic E-state index is 5.41. The fourth-order valence-corrected chi connectivity index (χ4v) is 3.64. The highest BCUT2D eigenvalue weighted by molar-refractivity contribution is 7.99. The van der Waals surface area contributed by atoms with Gasteiger partial charge in [0.25, 0.3) is 0 Å². The lowest BCUT2D eigenvalue weighted by atomic mass is 10.1. The van der Waals surface area contributed by atoms with Crippen LogP contribution in [0.2, 0.25) is 0 Å². The number of benzene rings is 1. The summed E-state index contributed by atoms with van der Waals surface area (Å²) >= 11 is 1.78. The number of nitrogens with zero attached hydrogens (tertiary/aromatic N) is 3. The van der Waals surface area contributed by atoms with Crippen LogP contribution in [0.25, 0.3) is 16.9 Å². The summed E-state index contributed by atoms with van der Waals surface area (Å²) in [5, 5.41) is 0.968. The highest BCUT2D eigenvalue weighted by Crippen LogP contribution is 2.33. The molecule has 25 heavy (non-hydrogen) atoms. The minimum Gasteiger partial charge on any atom is -0.493 e. The first-order chi connectivity index (χ1) is 12.3. The van der Waals surface area contributed by atoms with Crippen molar-refractivity contribution in [3.63, 3.8) is 0 Å². The monoisotopic (exact) mass is 357 g/mol. The van der Waals surface area contributed by atoms with E-state index in [4.69, 9.17) is 14.5 Å². The molecule has 6 heteroatoms. The summed E-state index contributed by atoms with van der Waals surface area (Å²) in [6.07, 6.45) is 7.43. The molecule has 0 saturated carbocycles. The average Bonchev–Trinajstić information content (AvgIpc) is 3.13. The molecule has 2 heterocycles. The van der Waals surface area contributed by atoms with Crippen molar-refractivity contribution < 1.29 is 9.47 Å². The number of imidazole rings is 1. The number of rotatable bonds is 8. The quantitative estimate of drug-likeness (QED) is 0.332. The van der Waals surface area contributed by atoms with Crippen LogP contribution < -0.4 is 9.47 Å². The van der Waals surface area contributed by atoms with Crippen LogP contribution in [0.4, 0.5) is 0 Å². The van der Waals surface area contributed by atoms with Gasteiger partial charge in [0, 0.05) is 29.8 Å². The summed E-state index contributed by atoms with van der Waals surface area (Å²) < 4.78 is 12.8. The standard InChI is InChI=1S/C19H23N3O2S/c1-4-5-6-11-25-19-21-15(13-18-20-9-10-22(18)19)14-7-8-16(23-2)17(12-14)24-3/h7-10,12-13H,4-6,11H2,1-3H3. The summed E-state index contributed by atoms with van der Waals surface area (Å²) in [6.45, 7) is 2.22. The van der Waals surface area contributed by atoms with Crippen LogP contribution in [0.1, 0.15) is 26.2 Å². The average molecular weight is 357 g/mol. The van der Waals surface area contributed by atoms with E-state index in [0.29, 0.717) is 11.5 Å². The maximum absolute atomic E-state index is 5.41. The Hall–Kier alpha value is -2.21. The van der Waals surface area contributed by atoms with Gasteiger partial charge in [0.15, 0.2) is 16.7 Å². The lowest BCUT2D eigenvalue weighted by Crippen LogP contribution is -1.98. The van der Waals surface area contributed by atoms with Crippen LogP contribution in [-0.4, -0.2) is 34.3 Å². The lowest BCUT2D eigenvalue weighted by Gasteiger charge is -2.11. The second-order valence-electron chi connectivity index (χ2n) is 5.70. The van der Waals surface area contributed by atoms with Crippen molar-refractivity contribution in [2.75, 3.05) is 20.0 Å². The predicted octanol–water partition coefficient (Wildman–Crippen LogP) is 4.70. The molecular formula is C19H23N3O2S. The molecule has 0 aliphatic carbocycles. The largest absolute Gasteiger partial charge is 0.493 e. The van der Waals surface area contributed by atoms with Gasteiger partial charge in [-0.05, 0) is 24.6 Å². The SMILES string of the molecule is CCCCCSc1nc(-c2ccc(OC)c(OC)c2)cc2nccn12. The minimum atomic E-state index is 0.696. The van der Waals surface area contributed by atoms with Crippen LogP contribution in [0.15, 0.2) is 41.8 Å². The molecule has 0 atom stereocenters. The van der Waals surface area contributed by atoms with E-state index in [-0.39, 0.29) is 0 Å². The number of hydrogen-bond acceptors (Lipinski definition) is 5. The third-order valence-corrected chi connectivity index (χ3v) is 5.05. The summed E-state index contributed by atoms with van der Waals surface area (Å²) in [4.78, 5) is 9.30. The van der Waals surface area contributed by atoms with E-state index in [9.17, 15) is 0 Å². The van der Waals surface area contributed by atoms with E-state index in [2.05, 4.69) is 11.9 Å². The lowest BCUT2D eigenvalue weighted by molar-refractivity contribution is 0.355. The first kappa shape index (κ1) is 17.6. The van der Waals surface area contributed by atoms with Gasteiger partial charge in [0.1, 0.15) is 5.65 Å². The zero-order chi connectivity index (χ0) is 17.6. The van der Waals surface area contributed by atoms with Gasteiger partial charge in [-0.15, -0.1) is 0 Å². The Balaban J connectivity index is 1.96. The number of hydrogen-bond donors (Lipinski definition) is 0. The van der Waals surface area contributed by atoms with Crippen molar-refractivity contribution in [1.29, 1.82) is 0 Å². The van der Waals surface area contributed by atoms with E-state index in [1.54, 1.807) is 26.0 Å². The summed E-state index contributed by atoms with van der Waals surface area (Å²) in [5.74, 6) is 2.47. The smallest absolute Gasteiger partial charge is 0.174 e. The van der Waals surface area contributed by atoms with Crippen LogP contribution in [-0.2, 0) is 0 Å². The van der Waals surface area contributed by atoms with Gasteiger partial charge >= 0.3 is 0 Å². The Labute approximate surface area is 152 Å². The van der Waals surface area contributed by atoms with E-state index in [1.165, 1.54) is 19.3 Å². The van der Waals surface area contributed by atoms with Crippen LogP contribution in [0, 0.1) is 0 Å². The minimum absolute atomic E-state index is 0.696. The summed E-state index contributed by atoms with van der Waals surface area (Å²) in [5.41, 5.74) is 2.77. The summed E-state index contributed by atoms with van der Waals surface area (Å²) in [6, 6.07) is 7.85. The molecule has 0 aliphatic rings. The molecule has 0 bridgehead atoms. The van der Waals surface area contributed by atoms with Crippen LogP contribution >= 0.6 is 11.8 Å². The Morgan fingerprint density at radius 1 is 1.08 bits per heavy atom. The highest BCUT2D eigenvalue weighted by atomic mass is 32.2. The highest BCUT2D eigenvalue weighted by Gasteiger charge is 2.11. The van der Waals surface area contributed by atoms with Crippen molar-refractivity contribution >= 4 is 17.4 Å². The van der Waals surface area contributed by atoms with Gasteiger partial charge < -0.3 is 9.47 Å². The predicted molar refractivity (Wildman–Crippen MR) is 102 cm³/mol. The fraction of sp³-hybridized carbons (Fsp3) is 0.368. The molecule has 0 unspecified atom stereocenters. The molecule has 0 spiro atoms. The first-order valence-electron chi connectivity index (χ1n) is 8.46. The van der Waals surface area contributed by atoms with Gasteiger partial charge in [-0.2, -0.15) is 0 Å². The Bertz CT molecular complexity index is 848. The number of fused-ring (bicyclic) bond motifs is 1. The molecule has 0 amide bonds. The van der Waals surface area contributed by atoms with E-state index in [0.717, 1.165) is 27.8 Å². The molecule has 1 aromatic carbocycles. The Morgan fingerprint density at radius 2 is 1.92 bits per heavy atom. The second-order valence-corrected chi connectivity index (χ2v) is 6.77. The van der Waals surface area contributed by atoms with Gasteiger partial charge in [-0.1, -0.05) is 31.5 Å². The van der Waals surface area contributed by atoms with E-state index in [1.807, 2.05) is 41.1 Å². The fourth-order valence-electron chi connectivity index (χ4n) is 2.66. The van der Waals surface area contributed by atoms with Crippen molar-refractivity contribution in [2.45, 2.75) is 31.3 Å². The molecule has 0 fully saturated rings. The molecule has 3 rings (SSSR count). The zero-order valence-corrected chi connectivity index (χ0v) is 15.7. The van der Waals surface area contributed by atoms with Crippen LogP contribution in [0.5, 0.6) is 11.5 Å². The number of ether oxygens (including phenoxy) is 2. The molecule has 0 saturated heterocycles. The Kier molecular flexibility index (Phi) is 5.81. The van der Waals surface area contributed by atoms with Crippen LogP contribution in [0.3, 0.4) is 0 Å². The number of methoxy groups -OCH3 is 2. The van der Waals surface area contributed by atoms with Gasteiger partial charge in [-0.25, -0.2) is 9.97 Å². The molecule has 5 nitrogen and oxygen atoms in total. The third kappa shape index (κ3) is 3.90. The molecule has 0 N–H and O–H groups in total. The molecule has 2 aromatic heterocycles. The van der Waals surface area contributed by atoms with Crippen molar-refractivity contribution in [1.82, 2.24) is 14.4 Å². The van der Waals surface area contributed by atoms with Gasteiger partial charge in [0.05, 0.1) is 19.9 Å². The second kappa shape index (κ2) is 8.25. The molecular weight excluding hydrogens is 334 g/mol. The van der Waals surface area contributed by atoms with Gasteiger partial charge in [0.2, 0.25) is 0 Å². The topological polar surface area (TPSA) is 48.7 Å². The molecule has 0 radical (unpaired) electrons. The van der Waals surface area contributed by atoms with Crippen molar-refractivity contribution in [3.8, 4) is 22.8 Å². The van der Waals surface area contributed by atoms with Gasteiger partial charge in [-0.3, -0.25) is 4.40 Å². The number of unbranched alkanes of at least 4 members (excludes halogenated alkanes) is 2. The van der Waals surface area contributed by atoms with Crippen molar-refractivity contribution in [3.05, 3.63) is 36.7 Å². The van der Waals surface area contributed by atoms with Crippen molar-refractivity contribution in [2.24, 2.45) is 0 Å². The third-order valence-electron chi connectivity index (χ3n) is 4.02. The maximum Gasteiger partial charge on any atom is 0.174 e. The normalized spacial score (nSPS) is 11.0.